The van der Waals surface area contributed by atoms with Crippen LogP contribution >= 0.6 is 0 Å². The number of hydrogen-bond acceptors (Lipinski definition) is 3. The number of rotatable bonds is 18. The molecule has 1 N–H and O–H groups in total. The Hall–Kier alpha value is 0.430. The zero-order chi connectivity index (χ0) is 17.9. The van der Waals surface area contributed by atoms with E-state index >= 15 is 0 Å². The second-order valence-corrected chi connectivity index (χ2v) is 7.15. The van der Waals surface area contributed by atoms with E-state index in [1.54, 1.807) is 0 Å². The van der Waals surface area contributed by atoms with Crippen LogP contribution in [0.5, 0.6) is 0 Å². The average molecular weight is 367 g/mol. The molecule has 146 valence electrons. The number of hydrogen-bond donors (Lipinski definition) is 1. The van der Waals surface area contributed by atoms with Gasteiger partial charge in [0.05, 0.1) is 6.61 Å². The summed E-state index contributed by atoms with van der Waals surface area (Å²) in [4.78, 5) is 11.0. The molecule has 4 heteroatoms. The molecule has 0 heterocycles. The van der Waals surface area contributed by atoms with Gasteiger partial charge in [-0.15, -0.1) is 0 Å². The summed E-state index contributed by atoms with van der Waals surface area (Å²) < 4.78 is 4.93. The van der Waals surface area contributed by atoms with Crippen LogP contribution in [0.25, 0.3) is 0 Å². The summed E-state index contributed by atoms with van der Waals surface area (Å²) in [6.07, 6.45) is 20.4. The van der Waals surface area contributed by atoms with E-state index < -0.39 is 12.1 Å². The third-order valence-electron chi connectivity index (χ3n) is 4.58. The minimum atomic E-state index is -0.994. The first-order valence-electron chi connectivity index (χ1n) is 10.5. The third-order valence-corrected chi connectivity index (χ3v) is 4.58. The summed E-state index contributed by atoms with van der Waals surface area (Å²) in [6, 6.07) is 0. The van der Waals surface area contributed by atoms with E-state index in [9.17, 15) is 4.79 Å². The van der Waals surface area contributed by atoms with Gasteiger partial charge in [0.25, 0.3) is 0 Å². The van der Waals surface area contributed by atoms with Crippen LogP contribution in [0, 0.1) is 0 Å². The maximum absolute atomic E-state index is 11.0. The topological polar surface area (TPSA) is 46.5 Å². The Morgan fingerprint density at radius 3 is 1.36 bits per heavy atom. The van der Waals surface area contributed by atoms with Crippen molar-refractivity contribution >= 4 is 35.5 Å². The number of esters is 1. The third kappa shape index (κ3) is 22.4. The van der Waals surface area contributed by atoms with Gasteiger partial charge in [-0.05, 0) is 13.3 Å². The molecule has 0 spiro atoms. The molecule has 0 bridgehead atoms. The Morgan fingerprint density at radius 2 is 1.04 bits per heavy atom. The van der Waals surface area contributed by atoms with Gasteiger partial charge in [-0.3, -0.25) is 0 Å². The van der Waals surface area contributed by atoms with Crippen LogP contribution in [0.3, 0.4) is 0 Å². The molecule has 25 heavy (non-hydrogen) atoms. The van der Waals surface area contributed by atoms with Gasteiger partial charge < -0.3 is 9.84 Å². The van der Waals surface area contributed by atoms with Crippen LogP contribution in [-0.4, -0.2) is 53.3 Å². The van der Waals surface area contributed by atoms with Crippen molar-refractivity contribution in [2.24, 2.45) is 0 Å². The minimum absolute atomic E-state index is 0. The normalized spacial score (nSPS) is 11.8. The van der Waals surface area contributed by atoms with Gasteiger partial charge in [0.2, 0.25) is 0 Å². The molecule has 0 aliphatic carbocycles. The number of aliphatic hydroxyl groups excluding tert-OH is 1. The standard InChI is InChI=1S/C21H42O3.Na.H/c1-3-4-5-6-7-8-9-10-11-12-13-14-15-16-17-18-19-24-21(23)20(2)22;;/h20,22H,3-19H2,1-2H3;;. The molecule has 0 aliphatic heterocycles. The fraction of sp³-hybridized carbons (Fsp3) is 0.952. The van der Waals surface area contributed by atoms with Crippen molar-refractivity contribution < 1.29 is 14.6 Å². The number of carbonyl (C=O) groups excluding carboxylic acids is 1. The zero-order valence-electron chi connectivity index (χ0n) is 16.4. The molecule has 0 aromatic heterocycles. The van der Waals surface area contributed by atoms with Crippen molar-refractivity contribution in [2.75, 3.05) is 6.61 Å². The number of unbranched alkanes of at least 4 members (excludes halogenated alkanes) is 15. The predicted molar refractivity (Wildman–Crippen MR) is 109 cm³/mol. The van der Waals surface area contributed by atoms with Gasteiger partial charge in [0, 0.05) is 0 Å². The second kappa shape index (κ2) is 22.5. The maximum atomic E-state index is 11.0. The van der Waals surface area contributed by atoms with Crippen molar-refractivity contribution in [1.82, 2.24) is 0 Å². The summed E-state index contributed by atoms with van der Waals surface area (Å²) in [7, 11) is 0. The Labute approximate surface area is 179 Å². The van der Waals surface area contributed by atoms with E-state index in [-0.39, 0.29) is 29.6 Å². The van der Waals surface area contributed by atoms with Crippen molar-refractivity contribution in [1.29, 1.82) is 0 Å². The van der Waals surface area contributed by atoms with E-state index in [2.05, 4.69) is 6.92 Å². The molecule has 3 nitrogen and oxygen atoms in total. The van der Waals surface area contributed by atoms with Gasteiger partial charge in [-0.25, -0.2) is 4.79 Å². The molecule has 0 saturated heterocycles. The Morgan fingerprint density at radius 1 is 0.720 bits per heavy atom. The molecule has 1 atom stereocenters. The first kappa shape index (κ1) is 27.6. The SMILES string of the molecule is CCCCCCCCCCCCCCCCCCOC(=O)C(C)O.[NaH]. The van der Waals surface area contributed by atoms with Crippen molar-refractivity contribution in [2.45, 2.75) is 123 Å². The van der Waals surface area contributed by atoms with E-state index in [0.29, 0.717) is 6.61 Å². The Kier molecular flexibility index (Phi) is 24.9. The average Bonchev–Trinajstić information content (AvgIpc) is 2.57. The molecule has 0 amide bonds. The zero-order valence-corrected chi connectivity index (χ0v) is 16.4. The first-order valence-corrected chi connectivity index (χ1v) is 10.5. The van der Waals surface area contributed by atoms with Gasteiger partial charge in [0.15, 0.2) is 0 Å². The molecular weight excluding hydrogens is 323 g/mol. The number of carbonyl (C=O) groups is 1. The Bertz CT molecular complexity index is 270. The molecule has 0 aromatic rings. The van der Waals surface area contributed by atoms with Crippen LogP contribution in [0.2, 0.25) is 0 Å². The van der Waals surface area contributed by atoms with E-state index in [1.807, 2.05) is 0 Å². The summed E-state index contributed by atoms with van der Waals surface area (Å²) in [5, 5.41) is 8.98. The van der Waals surface area contributed by atoms with Crippen LogP contribution < -0.4 is 0 Å². The van der Waals surface area contributed by atoms with Crippen LogP contribution in [-0.2, 0) is 9.53 Å². The summed E-state index contributed by atoms with van der Waals surface area (Å²) in [5.74, 6) is -0.504. The summed E-state index contributed by atoms with van der Waals surface area (Å²) >= 11 is 0. The monoisotopic (exact) mass is 366 g/mol. The van der Waals surface area contributed by atoms with Crippen molar-refractivity contribution in [3.05, 3.63) is 0 Å². The quantitative estimate of drug-likeness (QED) is 0.197. The molecule has 0 saturated carbocycles. The van der Waals surface area contributed by atoms with E-state index in [4.69, 9.17) is 9.84 Å². The summed E-state index contributed by atoms with van der Waals surface area (Å²) in [6.45, 7) is 4.16. The van der Waals surface area contributed by atoms with Gasteiger partial charge in [-0.1, -0.05) is 103 Å². The van der Waals surface area contributed by atoms with Gasteiger partial charge in [0.1, 0.15) is 6.10 Å². The van der Waals surface area contributed by atoms with Crippen LogP contribution in [0.15, 0.2) is 0 Å². The van der Waals surface area contributed by atoms with Crippen LogP contribution in [0.4, 0.5) is 0 Å². The number of aliphatic hydroxyl groups is 1. The molecule has 0 aromatic carbocycles. The Balaban J connectivity index is 0. The predicted octanol–water partition coefficient (Wildman–Crippen LogP) is 5.52. The molecule has 0 aliphatic rings. The van der Waals surface area contributed by atoms with E-state index in [1.165, 1.54) is 96.8 Å². The second-order valence-electron chi connectivity index (χ2n) is 7.15. The fourth-order valence-electron chi connectivity index (χ4n) is 2.94. The molecule has 0 rings (SSSR count). The molecule has 1 unspecified atom stereocenters. The fourth-order valence-corrected chi connectivity index (χ4v) is 2.94. The van der Waals surface area contributed by atoms with Crippen molar-refractivity contribution in [3.8, 4) is 0 Å². The number of ether oxygens (including phenoxy) is 1. The van der Waals surface area contributed by atoms with Crippen molar-refractivity contribution in [3.63, 3.8) is 0 Å². The van der Waals surface area contributed by atoms with Crippen LogP contribution in [0.1, 0.15) is 117 Å². The molecule has 0 radical (unpaired) electrons. The first-order chi connectivity index (χ1) is 11.7. The van der Waals surface area contributed by atoms with Gasteiger partial charge in [-0.2, -0.15) is 0 Å². The van der Waals surface area contributed by atoms with Gasteiger partial charge >= 0.3 is 35.5 Å². The summed E-state index contributed by atoms with van der Waals surface area (Å²) in [5.41, 5.74) is 0. The molecule has 0 fully saturated rings. The van der Waals surface area contributed by atoms with E-state index in [0.717, 1.165) is 12.8 Å². The molecular formula is C21H43NaO3.